The molecule has 0 bridgehead atoms. The zero-order chi connectivity index (χ0) is 7.68. The van der Waals surface area contributed by atoms with E-state index in [1.807, 2.05) is 23.7 Å². The highest BCUT2D eigenvalue weighted by Gasteiger charge is 1.95. The lowest BCUT2D eigenvalue weighted by Crippen LogP contribution is -2.05. The Balaban J connectivity index is 2.67. The normalized spacial score (nSPS) is 10.3. The van der Waals surface area contributed by atoms with E-state index in [-0.39, 0.29) is 0 Å². The quantitative estimate of drug-likeness (QED) is 0.498. The average molecular weight is 165 g/mol. The number of thiazole rings is 1. The Morgan fingerprint density at radius 2 is 2.36 bits per heavy atom. The number of nitrogens with zero attached hydrogens (tertiary/aromatic N) is 1. The molecule has 0 saturated carbocycles. The van der Waals surface area contributed by atoms with Gasteiger partial charge in [-0.3, -0.25) is 5.84 Å². The van der Waals surface area contributed by atoms with E-state index >= 15 is 0 Å². The van der Waals surface area contributed by atoms with Crippen molar-refractivity contribution in [3.63, 3.8) is 0 Å². The van der Waals surface area contributed by atoms with Gasteiger partial charge in [0.2, 0.25) is 0 Å². The molecular formula is C7H7N3S. The highest BCUT2D eigenvalue weighted by molar-refractivity contribution is 7.16. The second kappa shape index (κ2) is 2.48. The molecule has 0 atom stereocenters. The minimum absolute atomic E-state index is 0.892. The van der Waals surface area contributed by atoms with Crippen molar-refractivity contribution in [1.82, 2.24) is 4.98 Å². The van der Waals surface area contributed by atoms with E-state index in [1.54, 1.807) is 11.3 Å². The number of hydrazine groups is 1. The summed E-state index contributed by atoms with van der Waals surface area (Å²) in [6, 6.07) is 5.86. The average Bonchev–Trinajstić information content (AvgIpc) is 2.50. The van der Waals surface area contributed by atoms with Crippen molar-refractivity contribution in [2.75, 3.05) is 5.43 Å². The molecule has 0 aliphatic rings. The van der Waals surface area contributed by atoms with Crippen LogP contribution in [0.15, 0.2) is 23.7 Å². The summed E-state index contributed by atoms with van der Waals surface area (Å²) in [5.41, 5.74) is 6.28. The van der Waals surface area contributed by atoms with Gasteiger partial charge >= 0.3 is 0 Å². The summed E-state index contributed by atoms with van der Waals surface area (Å²) in [5, 5.41) is 0. The number of nitrogens with two attached hydrogens (primary N) is 1. The van der Waals surface area contributed by atoms with Crippen LogP contribution in [0.2, 0.25) is 0 Å². The largest absolute Gasteiger partial charge is 0.324 e. The second-order valence-corrected chi connectivity index (χ2v) is 3.07. The SMILES string of the molecule is NNc1ccc2scnc2c1. The predicted molar refractivity (Wildman–Crippen MR) is 47.4 cm³/mol. The summed E-state index contributed by atoms with van der Waals surface area (Å²) in [6.45, 7) is 0. The van der Waals surface area contributed by atoms with Crippen LogP contribution in [0.1, 0.15) is 0 Å². The third-order valence-electron chi connectivity index (χ3n) is 1.50. The molecule has 11 heavy (non-hydrogen) atoms. The fourth-order valence-electron chi connectivity index (χ4n) is 0.948. The van der Waals surface area contributed by atoms with Crippen molar-refractivity contribution >= 4 is 27.2 Å². The minimum atomic E-state index is 0.892. The monoisotopic (exact) mass is 165 g/mol. The molecule has 2 rings (SSSR count). The van der Waals surface area contributed by atoms with E-state index in [2.05, 4.69) is 10.4 Å². The van der Waals surface area contributed by atoms with Crippen LogP contribution in [0.3, 0.4) is 0 Å². The first-order chi connectivity index (χ1) is 5.40. The summed E-state index contributed by atoms with van der Waals surface area (Å²) >= 11 is 1.63. The highest BCUT2D eigenvalue weighted by atomic mass is 32.1. The van der Waals surface area contributed by atoms with Gasteiger partial charge in [-0.05, 0) is 18.2 Å². The first-order valence-electron chi connectivity index (χ1n) is 3.20. The van der Waals surface area contributed by atoms with Crippen molar-refractivity contribution in [3.05, 3.63) is 23.7 Å². The maximum atomic E-state index is 5.24. The van der Waals surface area contributed by atoms with Crippen molar-refractivity contribution in [2.24, 2.45) is 5.84 Å². The number of aromatic nitrogens is 1. The van der Waals surface area contributed by atoms with Crippen LogP contribution in [-0.4, -0.2) is 4.98 Å². The topological polar surface area (TPSA) is 50.9 Å². The summed E-state index contributed by atoms with van der Waals surface area (Å²) in [6.07, 6.45) is 0. The Morgan fingerprint density at radius 1 is 1.45 bits per heavy atom. The summed E-state index contributed by atoms with van der Waals surface area (Å²) in [4.78, 5) is 4.15. The predicted octanol–water partition coefficient (Wildman–Crippen LogP) is 1.58. The van der Waals surface area contributed by atoms with Crippen molar-refractivity contribution in [3.8, 4) is 0 Å². The fourth-order valence-corrected chi connectivity index (χ4v) is 1.61. The number of rotatable bonds is 1. The summed E-state index contributed by atoms with van der Waals surface area (Å²) < 4.78 is 1.18. The van der Waals surface area contributed by atoms with Crippen LogP contribution >= 0.6 is 11.3 Å². The van der Waals surface area contributed by atoms with E-state index in [4.69, 9.17) is 5.84 Å². The molecule has 1 heterocycles. The number of fused-ring (bicyclic) bond motifs is 1. The van der Waals surface area contributed by atoms with Gasteiger partial charge in [-0.15, -0.1) is 11.3 Å². The number of nitrogens with one attached hydrogen (secondary N) is 1. The molecule has 56 valence electrons. The number of hydrogen-bond donors (Lipinski definition) is 2. The minimum Gasteiger partial charge on any atom is -0.324 e. The first kappa shape index (κ1) is 6.57. The fraction of sp³-hybridized carbons (Fsp3) is 0. The van der Waals surface area contributed by atoms with Crippen LogP contribution in [-0.2, 0) is 0 Å². The zero-order valence-electron chi connectivity index (χ0n) is 5.74. The zero-order valence-corrected chi connectivity index (χ0v) is 6.56. The van der Waals surface area contributed by atoms with Crippen LogP contribution in [0, 0.1) is 0 Å². The van der Waals surface area contributed by atoms with E-state index in [0.29, 0.717) is 0 Å². The number of nitrogen functional groups attached to an aromatic ring is 1. The Kier molecular flexibility index (Phi) is 1.48. The molecule has 0 spiro atoms. The maximum Gasteiger partial charge on any atom is 0.0833 e. The van der Waals surface area contributed by atoms with Crippen LogP contribution < -0.4 is 11.3 Å². The lowest BCUT2D eigenvalue weighted by molar-refractivity contribution is 1.35. The number of anilines is 1. The van der Waals surface area contributed by atoms with Gasteiger partial charge in [0.15, 0.2) is 0 Å². The molecule has 3 nitrogen and oxygen atoms in total. The Labute approximate surface area is 67.8 Å². The van der Waals surface area contributed by atoms with E-state index in [9.17, 15) is 0 Å². The van der Waals surface area contributed by atoms with Gasteiger partial charge in [-0.2, -0.15) is 0 Å². The molecule has 4 heteroatoms. The van der Waals surface area contributed by atoms with Gasteiger partial charge in [0.05, 0.1) is 21.4 Å². The molecule has 0 amide bonds. The Morgan fingerprint density at radius 3 is 3.18 bits per heavy atom. The maximum absolute atomic E-state index is 5.24. The molecule has 0 fully saturated rings. The van der Waals surface area contributed by atoms with Gasteiger partial charge < -0.3 is 5.43 Å². The Hall–Kier alpha value is -1.13. The summed E-state index contributed by atoms with van der Waals surface area (Å²) in [7, 11) is 0. The molecular weight excluding hydrogens is 158 g/mol. The van der Waals surface area contributed by atoms with Gasteiger partial charge in [-0.1, -0.05) is 0 Å². The highest BCUT2D eigenvalue weighted by Crippen LogP contribution is 2.20. The van der Waals surface area contributed by atoms with Gasteiger partial charge in [-0.25, -0.2) is 4.98 Å². The molecule has 1 aromatic carbocycles. The van der Waals surface area contributed by atoms with Gasteiger partial charge in [0.25, 0.3) is 0 Å². The van der Waals surface area contributed by atoms with Gasteiger partial charge in [0.1, 0.15) is 0 Å². The lowest BCUT2D eigenvalue weighted by Gasteiger charge is -1.96. The standard InChI is InChI=1S/C7H7N3S/c8-10-5-1-2-7-6(3-5)9-4-11-7/h1-4,10H,8H2. The smallest absolute Gasteiger partial charge is 0.0833 e. The molecule has 3 N–H and O–H groups in total. The van der Waals surface area contributed by atoms with Crippen LogP contribution in [0.4, 0.5) is 5.69 Å². The lowest BCUT2D eigenvalue weighted by atomic mass is 10.3. The third-order valence-corrected chi connectivity index (χ3v) is 2.31. The van der Waals surface area contributed by atoms with Crippen molar-refractivity contribution < 1.29 is 0 Å². The molecule has 1 aromatic heterocycles. The molecule has 2 aromatic rings. The van der Waals surface area contributed by atoms with Crippen molar-refractivity contribution in [1.29, 1.82) is 0 Å². The van der Waals surface area contributed by atoms with Crippen molar-refractivity contribution in [2.45, 2.75) is 0 Å². The number of benzene rings is 1. The van der Waals surface area contributed by atoms with E-state index < -0.39 is 0 Å². The molecule has 0 saturated heterocycles. The number of hydrogen-bond acceptors (Lipinski definition) is 4. The third kappa shape index (κ3) is 1.06. The Bertz CT molecular complexity index is 368. The molecule has 0 aliphatic heterocycles. The van der Waals surface area contributed by atoms with E-state index in [1.165, 1.54) is 4.70 Å². The van der Waals surface area contributed by atoms with Crippen LogP contribution in [0.5, 0.6) is 0 Å². The summed E-state index contributed by atoms with van der Waals surface area (Å²) in [5.74, 6) is 5.24. The molecule has 0 radical (unpaired) electrons. The van der Waals surface area contributed by atoms with Gasteiger partial charge in [0, 0.05) is 0 Å². The first-order valence-corrected chi connectivity index (χ1v) is 4.08. The van der Waals surface area contributed by atoms with E-state index in [0.717, 1.165) is 11.2 Å². The molecule has 0 unspecified atom stereocenters. The second-order valence-electron chi connectivity index (χ2n) is 2.18. The van der Waals surface area contributed by atoms with Crippen LogP contribution in [0.25, 0.3) is 10.2 Å². The molecule has 0 aliphatic carbocycles.